The number of hydrogen-bond acceptors (Lipinski definition) is 3. The molecule has 1 aliphatic carbocycles. The molecular weight excluding hydrogens is 188 g/mol. The quantitative estimate of drug-likeness (QED) is 0.764. The van der Waals surface area contributed by atoms with Crippen LogP contribution in [0.25, 0.3) is 0 Å². The van der Waals surface area contributed by atoms with Crippen LogP contribution in [0, 0.1) is 5.92 Å². The first kappa shape index (κ1) is 11.4. The average molecular weight is 212 g/mol. The molecule has 2 rings (SSSR count). The summed E-state index contributed by atoms with van der Waals surface area (Å²) in [5.74, 6) is 0.857. The number of nitrogens with zero attached hydrogens (tertiary/aromatic N) is 1. The summed E-state index contributed by atoms with van der Waals surface area (Å²) >= 11 is 0. The SMILES string of the molecule is CC1CC(CN)(N(C)C2CCOCC2)C1. The lowest BCUT2D eigenvalue weighted by atomic mass is 9.67. The van der Waals surface area contributed by atoms with Gasteiger partial charge >= 0.3 is 0 Å². The lowest BCUT2D eigenvalue weighted by molar-refractivity contribution is -0.0544. The highest BCUT2D eigenvalue weighted by atomic mass is 16.5. The van der Waals surface area contributed by atoms with Gasteiger partial charge < -0.3 is 10.5 Å². The largest absolute Gasteiger partial charge is 0.381 e. The summed E-state index contributed by atoms with van der Waals surface area (Å²) in [4.78, 5) is 2.55. The van der Waals surface area contributed by atoms with E-state index in [0.29, 0.717) is 11.6 Å². The second-order valence-corrected chi connectivity index (χ2v) is 5.40. The zero-order chi connectivity index (χ0) is 10.9. The fourth-order valence-electron chi connectivity index (χ4n) is 3.30. The minimum atomic E-state index is 0.307. The van der Waals surface area contributed by atoms with Gasteiger partial charge in [-0.2, -0.15) is 0 Å². The number of nitrogens with two attached hydrogens (primary N) is 1. The predicted octanol–water partition coefficient (Wildman–Crippen LogP) is 1.22. The Morgan fingerprint density at radius 1 is 1.33 bits per heavy atom. The van der Waals surface area contributed by atoms with Crippen LogP contribution in [-0.4, -0.2) is 43.3 Å². The second kappa shape index (κ2) is 4.40. The molecule has 2 N–H and O–H groups in total. The Kier molecular flexibility index (Phi) is 3.33. The van der Waals surface area contributed by atoms with Crippen molar-refractivity contribution in [3.8, 4) is 0 Å². The zero-order valence-electron chi connectivity index (χ0n) is 10.0. The minimum Gasteiger partial charge on any atom is -0.381 e. The molecule has 88 valence electrons. The highest BCUT2D eigenvalue weighted by molar-refractivity contribution is 5.03. The Hall–Kier alpha value is -0.120. The van der Waals surface area contributed by atoms with Gasteiger partial charge in [0.05, 0.1) is 0 Å². The van der Waals surface area contributed by atoms with Crippen molar-refractivity contribution in [1.29, 1.82) is 0 Å². The number of hydrogen-bond donors (Lipinski definition) is 1. The summed E-state index contributed by atoms with van der Waals surface area (Å²) in [6.45, 7) is 4.98. The van der Waals surface area contributed by atoms with E-state index >= 15 is 0 Å². The van der Waals surface area contributed by atoms with Crippen molar-refractivity contribution in [3.05, 3.63) is 0 Å². The van der Waals surface area contributed by atoms with E-state index in [0.717, 1.165) is 25.7 Å². The van der Waals surface area contributed by atoms with E-state index in [-0.39, 0.29) is 0 Å². The van der Waals surface area contributed by atoms with E-state index in [1.54, 1.807) is 0 Å². The maximum Gasteiger partial charge on any atom is 0.0480 e. The standard InChI is InChI=1S/C12H24N2O/c1-10-7-12(8-10,9-13)14(2)11-3-5-15-6-4-11/h10-11H,3-9,13H2,1-2H3. The molecule has 0 amide bonds. The third-order valence-corrected chi connectivity index (χ3v) is 4.32. The maximum atomic E-state index is 5.97. The maximum absolute atomic E-state index is 5.97. The lowest BCUT2D eigenvalue weighted by Crippen LogP contribution is -2.63. The zero-order valence-corrected chi connectivity index (χ0v) is 10.0. The van der Waals surface area contributed by atoms with Gasteiger partial charge in [-0.15, -0.1) is 0 Å². The van der Waals surface area contributed by atoms with Crippen molar-refractivity contribution in [3.63, 3.8) is 0 Å². The lowest BCUT2D eigenvalue weighted by Gasteiger charge is -2.55. The summed E-state index contributed by atoms with van der Waals surface area (Å²) < 4.78 is 5.41. The molecule has 1 heterocycles. The Labute approximate surface area is 93.0 Å². The van der Waals surface area contributed by atoms with Crippen LogP contribution < -0.4 is 5.73 Å². The van der Waals surface area contributed by atoms with Crippen molar-refractivity contribution >= 4 is 0 Å². The van der Waals surface area contributed by atoms with Crippen LogP contribution in [0.5, 0.6) is 0 Å². The van der Waals surface area contributed by atoms with E-state index in [2.05, 4.69) is 18.9 Å². The molecule has 0 aromatic rings. The summed E-state index contributed by atoms with van der Waals surface area (Å²) in [6.07, 6.45) is 4.90. The molecule has 2 fully saturated rings. The molecule has 0 radical (unpaired) electrons. The molecule has 0 spiro atoms. The van der Waals surface area contributed by atoms with Crippen LogP contribution in [0.3, 0.4) is 0 Å². The van der Waals surface area contributed by atoms with Crippen LogP contribution in [0.4, 0.5) is 0 Å². The first-order valence-corrected chi connectivity index (χ1v) is 6.19. The number of rotatable bonds is 3. The van der Waals surface area contributed by atoms with Crippen LogP contribution >= 0.6 is 0 Å². The van der Waals surface area contributed by atoms with Crippen molar-refractivity contribution in [2.45, 2.75) is 44.2 Å². The molecular formula is C12H24N2O. The van der Waals surface area contributed by atoms with E-state index in [4.69, 9.17) is 10.5 Å². The van der Waals surface area contributed by atoms with E-state index < -0.39 is 0 Å². The summed E-state index contributed by atoms with van der Waals surface area (Å²) in [7, 11) is 2.26. The van der Waals surface area contributed by atoms with E-state index in [1.165, 1.54) is 25.7 Å². The smallest absolute Gasteiger partial charge is 0.0480 e. The van der Waals surface area contributed by atoms with Crippen molar-refractivity contribution in [2.24, 2.45) is 11.7 Å². The van der Waals surface area contributed by atoms with Crippen LogP contribution in [0.15, 0.2) is 0 Å². The molecule has 3 heteroatoms. The molecule has 0 atom stereocenters. The number of ether oxygens (including phenoxy) is 1. The molecule has 0 bridgehead atoms. The topological polar surface area (TPSA) is 38.5 Å². The normalized spacial score (nSPS) is 38.0. The number of likely N-dealkylation sites (N-methyl/N-ethyl adjacent to an activating group) is 1. The molecule has 1 saturated carbocycles. The fourth-order valence-corrected chi connectivity index (χ4v) is 3.30. The third kappa shape index (κ3) is 2.05. The Balaban J connectivity index is 1.95. The van der Waals surface area contributed by atoms with Gasteiger partial charge in [-0.3, -0.25) is 4.90 Å². The predicted molar refractivity (Wildman–Crippen MR) is 61.8 cm³/mol. The fraction of sp³-hybridized carbons (Fsp3) is 1.00. The van der Waals surface area contributed by atoms with Crippen molar-refractivity contribution < 1.29 is 4.74 Å². The highest BCUT2D eigenvalue weighted by Gasteiger charge is 2.46. The summed E-state index contributed by atoms with van der Waals surface area (Å²) in [6, 6.07) is 0.690. The first-order valence-electron chi connectivity index (χ1n) is 6.19. The van der Waals surface area contributed by atoms with Gasteiger partial charge in [0.1, 0.15) is 0 Å². The van der Waals surface area contributed by atoms with Gasteiger partial charge in [-0.25, -0.2) is 0 Å². The summed E-state index contributed by atoms with van der Waals surface area (Å²) in [5.41, 5.74) is 6.27. The molecule has 1 saturated heterocycles. The molecule has 3 nitrogen and oxygen atoms in total. The van der Waals surface area contributed by atoms with Crippen LogP contribution in [0.2, 0.25) is 0 Å². The molecule has 0 aromatic heterocycles. The third-order valence-electron chi connectivity index (χ3n) is 4.32. The monoisotopic (exact) mass is 212 g/mol. The van der Waals surface area contributed by atoms with Gasteiger partial charge in [0.25, 0.3) is 0 Å². The molecule has 1 aliphatic heterocycles. The Morgan fingerprint density at radius 3 is 2.40 bits per heavy atom. The molecule has 2 aliphatic rings. The van der Waals surface area contributed by atoms with Crippen LogP contribution in [0.1, 0.15) is 32.6 Å². The first-order chi connectivity index (χ1) is 7.18. The van der Waals surface area contributed by atoms with Gasteiger partial charge in [0.2, 0.25) is 0 Å². The van der Waals surface area contributed by atoms with Gasteiger partial charge in [-0.1, -0.05) is 6.92 Å². The van der Waals surface area contributed by atoms with Crippen molar-refractivity contribution in [1.82, 2.24) is 4.90 Å². The average Bonchev–Trinajstić information content (AvgIpc) is 2.25. The highest BCUT2D eigenvalue weighted by Crippen LogP contribution is 2.42. The molecule has 0 aromatic carbocycles. The second-order valence-electron chi connectivity index (χ2n) is 5.40. The van der Waals surface area contributed by atoms with Crippen LogP contribution in [-0.2, 0) is 4.74 Å². The van der Waals surface area contributed by atoms with E-state index in [1.807, 2.05) is 0 Å². The molecule has 0 unspecified atom stereocenters. The minimum absolute atomic E-state index is 0.307. The van der Waals surface area contributed by atoms with Gasteiger partial charge in [-0.05, 0) is 38.6 Å². The van der Waals surface area contributed by atoms with Crippen molar-refractivity contribution in [2.75, 3.05) is 26.8 Å². The van der Waals surface area contributed by atoms with Gasteiger partial charge in [0.15, 0.2) is 0 Å². The molecule has 15 heavy (non-hydrogen) atoms. The summed E-state index contributed by atoms with van der Waals surface area (Å²) in [5, 5.41) is 0. The Bertz CT molecular complexity index is 208. The Morgan fingerprint density at radius 2 is 1.93 bits per heavy atom. The van der Waals surface area contributed by atoms with E-state index in [9.17, 15) is 0 Å². The van der Waals surface area contributed by atoms with Gasteiger partial charge in [0, 0.05) is 31.3 Å².